The molecule has 80 valence electrons. The highest BCUT2D eigenvalue weighted by Gasteiger charge is 2.16. The van der Waals surface area contributed by atoms with Gasteiger partial charge < -0.3 is 5.73 Å². The van der Waals surface area contributed by atoms with E-state index in [2.05, 4.69) is 32.7 Å². The van der Waals surface area contributed by atoms with Gasteiger partial charge in [-0.25, -0.2) is 0 Å². The maximum absolute atomic E-state index is 5.75. The Morgan fingerprint density at radius 2 is 1.69 bits per heavy atom. The smallest absolute Gasteiger partial charge is 0.0218 e. The molecular formula is C11H26N2. The van der Waals surface area contributed by atoms with Crippen LogP contribution < -0.4 is 5.73 Å². The number of likely N-dealkylation sites (N-methyl/N-ethyl adjacent to an activating group) is 1. The van der Waals surface area contributed by atoms with E-state index in [1.165, 1.54) is 25.7 Å². The molecule has 0 amide bonds. The third-order valence-corrected chi connectivity index (χ3v) is 2.87. The lowest BCUT2D eigenvalue weighted by molar-refractivity contribution is 0.170. The first-order valence-electron chi connectivity index (χ1n) is 5.59. The summed E-state index contributed by atoms with van der Waals surface area (Å²) in [6, 6.07) is 1.25. The molecule has 0 rings (SSSR count). The molecule has 0 aliphatic carbocycles. The Balaban J connectivity index is 3.94. The average molecular weight is 186 g/mol. The molecule has 0 radical (unpaired) electrons. The van der Waals surface area contributed by atoms with Gasteiger partial charge in [-0.05, 0) is 26.8 Å². The van der Waals surface area contributed by atoms with Crippen LogP contribution in [0.3, 0.4) is 0 Å². The molecule has 0 aliphatic rings. The second-order valence-corrected chi connectivity index (χ2v) is 3.98. The van der Waals surface area contributed by atoms with E-state index >= 15 is 0 Å². The summed E-state index contributed by atoms with van der Waals surface area (Å²) in [4.78, 5) is 2.44. The van der Waals surface area contributed by atoms with Gasteiger partial charge in [0.05, 0.1) is 0 Å². The summed E-state index contributed by atoms with van der Waals surface area (Å²) in [5.74, 6) is 0. The van der Waals surface area contributed by atoms with Crippen molar-refractivity contribution in [1.29, 1.82) is 0 Å². The lowest BCUT2D eigenvalue weighted by atomic mass is 10.1. The second-order valence-electron chi connectivity index (χ2n) is 3.98. The van der Waals surface area contributed by atoms with Gasteiger partial charge in [-0.15, -0.1) is 0 Å². The Kier molecular flexibility index (Phi) is 7.29. The van der Waals surface area contributed by atoms with E-state index in [0.29, 0.717) is 12.1 Å². The fourth-order valence-electron chi connectivity index (χ4n) is 1.80. The Morgan fingerprint density at radius 1 is 1.15 bits per heavy atom. The first kappa shape index (κ1) is 12.9. The normalized spacial score (nSPS) is 16.2. The highest BCUT2D eigenvalue weighted by atomic mass is 15.2. The van der Waals surface area contributed by atoms with Crippen molar-refractivity contribution in [3.05, 3.63) is 0 Å². The first-order valence-corrected chi connectivity index (χ1v) is 5.59. The molecule has 0 saturated heterocycles. The van der Waals surface area contributed by atoms with Crippen LogP contribution in [0, 0.1) is 0 Å². The van der Waals surface area contributed by atoms with Gasteiger partial charge in [0.2, 0.25) is 0 Å². The highest BCUT2D eigenvalue weighted by Crippen LogP contribution is 2.11. The lowest BCUT2D eigenvalue weighted by Gasteiger charge is -2.32. The largest absolute Gasteiger partial charge is 0.329 e. The molecular weight excluding hydrogens is 160 g/mol. The Hall–Kier alpha value is -0.0800. The highest BCUT2D eigenvalue weighted by molar-refractivity contribution is 4.73. The fraction of sp³-hybridized carbons (Fsp3) is 1.00. The van der Waals surface area contributed by atoms with Crippen LogP contribution in [0.5, 0.6) is 0 Å². The molecule has 2 unspecified atom stereocenters. The van der Waals surface area contributed by atoms with E-state index in [1.807, 2.05) is 0 Å². The molecule has 2 atom stereocenters. The standard InChI is InChI=1S/C11H26N2/c1-5-7-10(3)13(4)11(9-12)8-6-2/h10-11H,5-9,12H2,1-4H3. The fourth-order valence-corrected chi connectivity index (χ4v) is 1.80. The number of hydrogen-bond donors (Lipinski definition) is 1. The van der Waals surface area contributed by atoms with Crippen LogP contribution in [-0.4, -0.2) is 30.6 Å². The van der Waals surface area contributed by atoms with Gasteiger partial charge in [-0.1, -0.05) is 26.7 Å². The predicted molar refractivity (Wildman–Crippen MR) is 59.9 cm³/mol. The molecule has 0 aliphatic heterocycles. The molecule has 0 fully saturated rings. The van der Waals surface area contributed by atoms with Crippen LogP contribution in [0.25, 0.3) is 0 Å². The van der Waals surface area contributed by atoms with Gasteiger partial charge in [0, 0.05) is 18.6 Å². The van der Waals surface area contributed by atoms with Crippen LogP contribution in [0.1, 0.15) is 46.5 Å². The van der Waals surface area contributed by atoms with E-state index in [0.717, 1.165) is 6.54 Å². The molecule has 0 saturated carbocycles. The Bertz CT molecular complexity index is 115. The van der Waals surface area contributed by atoms with Gasteiger partial charge in [-0.2, -0.15) is 0 Å². The van der Waals surface area contributed by atoms with Gasteiger partial charge in [-0.3, -0.25) is 4.90 Å². The van der Waals surface area contributed by atoms with Crippen LogP contribution in [0.4, 0.5) is 0 Å². The summed E-state index contributed by atoms with van der Waals surface area (Å²) in [5.41, 5.74) is 5.75. The topological polar surface area (TPSA) is 29.3 Å². The molecule has 0 aromatic carbocycles. The van der Waals surface area contributed by atoms with Gasteiger partial charge in [0.1, 0.15) is 0 Å². The van der Waals surface area contributed by atoms with Gasteiger partial charge in [0.25, 0.3) is 0 Å². The zero-order valence-electron chi connectivity index (χ0n) is 9.71. The molecule has 0 aromatic heterocycles. The van der Waals surface area contributed by atoms with Crippen molar-refractivity contribution in [3.63, 3.8) is 0 Å². The zero-order valence-corrected chi connectivity index (χ0v) is 9.71. The summed E-state index contributed by atoms with van der Waals surface area (Å²) >= 11 is 0. The van der Waals surface area contributed by atoms with Crippen molar-refractivity contribution in [2.75, 3.05) is 13.6 Å². The first-order chi connectivity index (χ1) is 6.17. The molecule has 2 N–H and O–H groups in total. The van der Waals surface area contributed by atoms with Crippen molar-refractivity contribution in [1.82, 2.24) is 4.90 Å². The van der Waals surface area contributed by atoms with Crippen molar-refractivity contribution in [2.45, 2.75) is 58.5 Å². The second kappa shape index (κ2) is 7.34. The Labute approximate surface area is 83.5 Å². The zero-order chi connectivity index (χ0) is 10.3. The van der Waals surface area contributed by atoms with E-state index in [9.17, 15) is 0 Å². The number of hydrogen-bond acceptors (Lipinski definition) is 2. The molecule has 2 nitrogen and oxygen atoms in total. The van der Waals surface area contributed by atoms with Crippen molar-refractivity contribution < 1.29 is 0 Å². The third kappa shape index (κ3) is 4.63. The maximum atomic E-state index is 5.75. The summed E-state index contributed by atoms with van der Waals surface area (Å²) in [6.07, 6.45) is 4.98. The van der Waals surface area contributed by atoms with Crippen molar-refractivity contribution in [2.24, 2.45) is 5.73 Å². The van der Waals surface area contributed by atoms with E-state index in [1.54, 1.807) is 0 Å². The minimum atomic E-state index is 0.576. The summed E-state index contributed by atoms with van der Waals surface area (Å²) in [6.45, 7) is 7.54. The maximum Gasteiger partial charge on any atom is 0.0218 e. The molecule has 0 bridgehead atoms. The average Bonchev–Trinajstić information content (AvgIpc) is 2.13. The summed E-state index contributed by atoms with van der Waals surface area (Å²) in [7, 11) is 2.20. The van der Waals surface area contributed by atoms with E-state index < -0.39 is 0 Å². The molecule has 13 heavy (non-hydrogen) atoms. The van der Waals surface area contributed by atoms with Gasteiger partial charge >= 0.3 is 0 Å². The minimum absolute atomic E-state index is 0.576. The minimum Gasteiger partial charge on any atom is -0.329 e. The third-order valence-electron chi connectivity index (χ3n) is 2.87. The van der Waals surface area contributed by atoms with Crippen molar-refractivity contribution in [3.8, 4) is 0 Å². The monoisotopic (exact) mass is 186 g/mol. The molecule has 0 spiro atoms. The van der Waals surface area contributed by atoms with Crippen molar-refractivity contribution >= 4 is 0 Å². The van der Waals surface area contributed by atoms with Crippen LogP contribution in [0.2, 0.25) is 0 Å². The molecule has 0 aromatic rings. The van der Waals surface area contributed by atoms with E-state index in [4.69, 9.17) is 5.73 Å². The quantitative estimate of drug-likeness (QED) is 0.660. The van der Waals surface area contributed by atoms with Crippen LogP contribution in [-0.2, 0) is 0 Å². The lowest BCUT2D eigenvalue weighted by Crippen LogP contribution is -2.42. The predicted octanol–water partition coefficient (Wildman–Crippen LogP) is 2.23. The molecule has 2 heteroatoms. The van der Waals surface area contributed by atoms with Crippen LogP contribution >= 0.6 is 0 Å². The number of nitrogens with zero attached hydrogens (tertiary/aromatic N) is 1. The van der Waals surface area contributed by atoms with Gasteiger partial charge in [0.15, 0.2) is 0 Å². The Morgan fingerprint density at radius 3 is 2.08 bits per heavy atom. The SMILES string of the molecule is CCCC(C)N(C)C(CN)CCC. The van der Waals surface area contributed by atoms with E-state index in [-0.39, 0.29) is 0 Å². The van der Waals surface area contributed by atoms with Crippen LogP contribution in [0.15, 0.2) is 0 Å². The number of nitrogens with two attached hydrogens (primary N) is 1. The number of rotatable bonds is 7. The molecule has 0 heterocycles. The summed E-state index contributed by atoms with van der Waals surface area (Å²) in [5, 5.41) is 0. The summed E-state index contributed by atoms with van der Waals surface area (Å²) < 4.78 is 0.